The Labute approximate surface area is 200 Å². The number of likely N-dealkylation sites (tertiary alicyclic amines) is 1. The summed E-state index contributed by atoms with van der Waals surface area (Å²) < 4.78 is 74.6. The number of hydrogen-bond acceptors (Lipinski definition) is 5. The predicted molar refractivity (Wildman–Crippen MR) is 119 cm³/mol. The van der Waals surface area contributed by atoms with E-state index in [0.29, 0.717) is 41.8 Å². The van der Waals surface area contributed by atoms with Gasteiger partial charge < -0.3 is 9.47 Å². The largest absolute Gasteiger partial charge is 0.573 e. The van der Waals surface area contributed by atoms with Crippen LogP contribution in [0, 0.1) is 0 Å². The van der Waals surface area contributed by atoms with Crippen LogP contribution in [0.2, 0.25) is 10.0 Å². The van der Waals surface area contributed by atoms with E-state index in [1.165, 1.54) is 12.1 Å². The van der Waals surface area contributed by atoms with Crippen molar-refractivity contribution < 1.29 is 31.1 Å². The maximum absolute atomic E-state index is 12.7. The first-order chi connectivity index (χ1) is 15.3. The van der Waals surface area contributed by atoms with E-state index < -0.39 is 28.2 Å². The van der Waals surface area contributed by atoms with Crippen LogP contribution in [0.3, 0.4) is 0 Å². The second kappa shape index (κ2) is 10.3. The van der Waals surface area contributed by atoms with Gasteiger partial charge in [0.25, 0.3) is 0 Å². The van der Waals surface area contributed by atoms with Crippen LogP contribution in [0.15, 0.2) is 41.3 Å². The number of sulfonamides is 1. The SMILES string of the molecule is CC(C)Oc1c(Cl)cc(CN2CC[C@@H](NS(=O)(=O)c3cccc(OC(F)(F)F)c3)C2)cc1Cl. The first-order valence-electron chi connectivity index (χ1n) is 10.1. The summed E-state index contributed by atoms with van der Waals surface area (Å²) in [5, 5.41) is 0.784. The molecule has 0 amide bonds. The zero-order valence-corrected chi connectivity index (χ0v) is 20.2. The predicted octanol–water partition coefficient (Wildman–Crippen LogP) is 5.23. The quantitative estimate of drug-likeness (QED) is 0.509. The molecule has 0 aliphatic carbocycles. The van der Waals surface area contributed by atoms with Crippen molar-refractivity contribution in [1.82, 2.24) is 9.62 Å². The average molecular weight is 527 g/mol. The van der Waals surface area contributed by atoms with Crippen molar-refractivity contribution in [1.29, 1.82) is 0 Å². The molecule has 2 aromatic rings. The number of rotatable bonds is 8. The first-order valence-corrected chi connectivity index (χ1v) is 12.3. The van der Waals surface area contributed by atoms with E-state index in [2.05, 4.69) is 9.46 Å². The molecule has 1 N–H and O–H groups in total. The molecule has 0 spiro atoms. The monoisotopic (exact) mass is 526 g/mol. The van der Waals surface area contributed by atoms with Gasteiger partial charge in [-0.3, -0.25) is 4.90 Å². The summed E-state index contributed by atoms with van der Waals surface area (Å²) in [6.07, 6.45) is -4.46. The van der Waals surface area contributed by atoms with E-state index in [1.54, 1.807) is 12.1 Å². The lowest BCUT2D eigenvalue weighted by Gasteiger charge is -2.19. The molecule has 1 fully saturated rings. The molecule has 0 radical (unpaired) electrons. The second-order valence-electron chi connectivity index (χ2n) is 7.92. The van der Waals surface area contributed by atoms with E-state index in [4.69, 9.17) is 27.9 Å². The average Bonchev–Trinajstić information content (AvgIpc) is 3.09. The third-order valence-electron chi connectivity index (χ3n) is 4.76. The van der Waals surface area contributed by atoms with Gasteiger partial charge in [-0.15, -0.1) is 13.2 Å². The van der Waals surface area contributed by atoms with Gasteiger partial charge in [-0.05, 0) is 50.1 Å². The summed E-state index contributed by atoms with van der Waals surface area (Å²) in [5.74, 6) is -0.182. The Morgan fingerprint density at radius 1 is 1.18 bits per heavy atom. The molecule has 1 saturated heterocycles. The highest BCUT2D eigenvalue weighted by atomic mass is 35.5. The number of hydrogen-bond donors (Lipinski definition) is 1. The van der Waals surface area contributed by atoms with Crippen LogP contribution < -0.4 is 14.2 Å². The number of benzene rings is 2. The number of alkyl halides is 3. The summed E-state index contributed by atoms with van der Waals surface area (Å²) in [4.78, 5) is 1.73. The van der Waals surface area contributed by atoms with Gasteiger partial charge in [0.1, 0.15) is 5.75 Å². The molecule has 0 saturated carbocycles. The Morgan fingerprint density at radius 2 is 1.85 bits per heavy atom. The van der Waals surface area contributed by atoms with Crippen molar-refractivity contribution in [3.05, 3.63) is 52.0 Å². The molecule has 182 valence electrons. The molecule has 12 heteroatoms. The standard InChI is InChI=1S/C21H23Cl2F3N2O4S/c1-13(2)31-20-18(22)8-14(9-19(20)23)11-28-7-6-15(12-28)27-33(29,30)17-5-3-4-16(10-17)32-21(24,25)26/h3-5,8-10,13,15,27H,6-7,11-12H2,1-2H3/t15-/m1/s1. The minimum absolute atomic E-state index is 0.0843. The van der Waals surface area contributed by atoms with E-state index >= 15 is 0 Å². The molecule has 1 aliphatic heterocycles. The van der Waals surface area contributed by atoms with Gasteiger partial charge in [0.15, 0.2) is 5.75 Å². The molecule has 33 heavy (non-hydrogen) atoms. The van der Waals surface area contributed by atoms with Crippen molar-refractivity contribution in [3.63, 3.8) is 0 Å². The first kappa shape index (κ1) is 25.9. The molecular formula is C21H23Cl2F3N2O4S. The lowest BCUT2D eigenvalue weighted by molar-refractivity contribution is -0.274. The summed E-state index contributed by atoms with van der Waals surface area (Å²) >= 11 is 12.6. The Bertz CT molecular complexity index is 1070. The summed E-state index contributed by atoms with van der Waals surface area (Å²) in [6, 6.07) is 7.39. The maximum Gasteiger partial charge on any atom is 0.573 e. The van der Waals surface area contributed by atoms with Crippen molar-refractivity contribution >= 4 is 33.2 Å². The highest BCUT2D eigenvalue weighted by Gasteiger charge is 2.32. The minimum Gasteiger partial charge on any atom is -0.488 e. The van der Waals surface area contributed by atoms with E-state index in [1.807, 2.05) is 18.7 Å². The van der Waals surface area contributed by atoms with Crippen LogP contribution in [0.1, 0.15) is 25.8 Å². The zero-order valence-electron chi connectivity index (χ0n) is 17.8. The molecule has 1 atom stereocenters. The van der Waals surface area contributed by atoms with Gasteiger partial charge in [-0.25, -0.2) is 13.1 Å². The number of ether oxygens (including phenoxy) is 2. The van der Waals surface area contributed by atoms with Gasteiger partial charge in [0, 0.05) is 31.7 Å². The van der Waals surface area contributed by atoms with Crippen LogP contribution >= 0.6 is 23.2 Å². The fourth-order valence-electron chi connectivity index (χ4n) is 3.51. The van der Waals surface area contributed by atoms with E-state index in [-0.39, 0.29) is 11.0 Å². The second-order valence-corrected chi connectivity index (χ2v) is 10.4. The smallest absolute Gasteiger partial charge is 0.488 e. The van der Waals surface area contributed by atoms with E-state index in [9.17, 15) is 21.6 Å². The maximum atomic E-state index is 12.7. The summed E-state index contributed by atoms with van der Waals surface area (Å²) in [5.41, 5.74) is 0.849. The topological polar surface area (TPSA) is 67.9 Å². The highest BCUT2D eigenvalue weighted by molar-refractivity contribution is 7.89. The van der Waals surface area contributed by atoms with Crippen LogP contribution in [0.25, 0.3) is 0 Å². The van der Waals surface area contributed by atoms with Crippen LogP contribution in [-0.4, -0.2) is 44.9 Å². The van der Waals surface area contributed by atoms with Crippen molar-refractivity contribution in [3.8, 4) is 11.5 Å². The molecular weight excluding hydrogens is 504 g/mol. The third kappa shape index (κ3) is 7.38. The van der Waals surface area contributed by atoms with Gasteiger partial charge in [-0.2, -0.15) is 0 Å². The molecule has 1 aliphatic rings. The van der Waals surface area contributed by atoms with Crippen LogP contribution in [0.4, 0.5) is 13.2 Å². The zero-order chi connectivity index (χ0) is 24.4. The highest BCUT2D eigenvalue weighted by Crippen LogP contribution is 2.35. The van der Waals surface area contributed by atoms with Crippen molar-refractivity contribution in [2.45, 2.75) is 50.2 Å². The molecule has 2 aromatic carbocycles. The molecule has 1 heterocycles. The Balaban J connectivity index is 1.63. The fourth-order valence-corrected chi connectivity index (χ4v) is 5.43. The Kier molecular flexibility index (Phi) is 8.06. The van der Waals surface area contributed by atoms with Crippen LogP contribution in [-0.2, 0) is 16.6 Å². The van der Waals surface area contributed by atoms with Gasteiger partial charge >= 0.3 is 6.36 Å². The normalized spacial score (nSPS) is 17.5. The molecule has 0 aromatic heterocycles. The summed E-state index contributed by atoms with van der Waals surface area (Å²) in [6.45, 7) is 5.26. The fraction of sp³-hybridized carbons (Fsp3) is 0.429. The lowest BCUT2D eigenvalue weighted by Crippen LogP contribution is -2.37. The Hall–Kier alpha value is -1.72. The van der Waals surface area contributed by atoms with Gasteiger partial charge in [0.2, 0.25) is 10.0 Å². The van der Waals surface area contributed by atoms with Gasteiger partial charge in [0.05, 0.1) is 21.0 Å². The number of nitrogens with zero attached hydrogens (tertiary/aromatic N) is 1. The summed E-state index contributed by atoms with van der Waals surface area (Å²) in [7, 11) is -4.03. The molecule has 0 bridgehead atoms. The van der Waals surface area contributed by atoms with E-state index in [0.717, 1.165) is 17.7 Å². The van der Waals surface area contributed by atoms with Gasteiger partial charge in [-0.1, -0.05) is 29.3 Å². The van der Waals surface area contributed by atoms with Crippen molar-refractivity contribution in [2.75, 3.05) is 13.1 Å². The third-order valence-corrected chi connectivity index (χ3v) is 6.84. The molecule has 0 unspecified atom stereocenters. The minimum atomic E-state index is -4.91. The van der Waals surface area contributed by atoms with Crippen molar-refractivity contribution in [2.24, 2.45) is 0 Å². The number of halogens is 5. The molecule has 6 nitrogen and oxygen atoms in total. The lowest BCUT2D eigenvalue weighted by atomic mass is 10.2. The molecule has 3 rings (SSSR count). The Morgan fingerprint density at radius 3 is 2.45 bits per heavy atom. The number of nitrogens with one attached hydrogen (secondary N) is 1. The van der Waals surface area contributed by atoms with Crippen LogP contribution in [0.5, 0.6) is 11.5 Å².